The number of hydrogen-bond donors (Lipinski definition) is 1. The van der Waals surface area contributed by atoms with Gasteiger partial charge in [0.2, 0.25) is 5.82 Å². The molecule has 0 saturated carbocycles. The van der Waals surface area contributed by atoms with Crippen LogP contribution in [0, 0.1) is 0 Å². The molecule has 0 aliphatic rings. The lowest BCUT2D eigenvalue weighted by molar-refractivity contribution is 0.159. The Morgan fingerprint density at radius 2 is 2.10 bits per heavy atom. The third kappa shape index (κ3) is 2.33. The Bertz CT molecular complexity index is 690. The summed E-state index contributed by atoms with van der Waals surface area (Å²) in [6.07, 6.45) is 3.31. The van der Waals surface area contributed by atoms with Gasteiger partial charge < -0.3 is 9.63 Å². The van der Waals surface area contributed by atoms with E-state index >= 15 is 0 Å². The van der Waals surface area contributed by atoms with Crippen LogP contribution < -0.4 is 0 Å². The van der Waals surface area contributed by atoms with Gasteiger partial charge in [-0.1, -0.05) is 30.3 Å². The lowest BCUT2D eigenvalue weighted by Crippen LogP contribution is -1.97. The van der Waals surface area contributed by atoms with Gasteiger partial charge in [-0.25, -0.2) is 4.68 Å². The van der Waals surface area contributed by atoms with Crippen LogP contribution in [0.2, 0.25) is 0 Å². The summed E-state index contributed by atoms with van der Waals surface area (Å²) < 4.78 is 6.88. The van der Waals surface area contributed by atoms with Crippen molar-refractivity contribution in [2.24, 2.45) is 0 Å². The van der Waals surface area contributed by atoms with Crippen LogP contribution >= 0.6 is 0 Å². The van der Waals surface area contributed by atoms with Gasteiger partial charge in [-0.05, 0) is 18.6 Å². The van der Waals surface area contributed by atoms with Crippen LogP contribution in [-0.4, -0.2) is 25.0 Å². The molecule has 6 nitrogen and oxygen atoms in total. The maximum Gasteiger partial charge on any atom is 0.261 e. The first-order valence-corrected chi connectivity index (χ1v) is 6.40. The third-order valence-electron chi connectivity index (χ3n) is 2.98. The third-order valence-corrected chi connectivity index (χ3v) is 2.98. The fourth-order valence-electron chi connectivity index (χ4n) is 1.83. The fraction of sp³-hybridized carbons (Fsp3) is 0.214. The highest BCUT2D eigenvalue weighted by Gasteiger charge is 2.16. The largest absolute Gasteiger partial charge is 0.385 e. The lowest BCUT2D eigenvalue weighted by atomic mass is 10.3. The Hall–Kier alpha value is -2.47. The molecular formula is C14H14N4O2. The van der Waals surface area contributed by atoms with Crippen molar-refractivity contribution in [1.82, 2.24) is 19.9 Å². The topological polar surface area (TPSA) is 77.0 Å². The number of rotatable bonds is 4. The molecule has 102 valence electrons. The summed E-state index contributed by atoms with van der Waals surface area (Å²) in [6, 6.07) is 9.75. The summed E-state index contributed by atoms with van der Waals surface area (Å²) in [5, 5.41) is 17.7. The molecule has 0 bridgehead atoms. The van der Waals surface area contributed by atoms with Crippen molar-refractivity contribution in [3.05, 3.63) is 48.5 Å². The fourth-order valence-corrected chi connectivity index (χ4v) is 1.83. The Morgan fingerprint density at radius 1 is 1.30 bits per heavy atom. The number of aliphatic hydroxyl groups excluding tert-OH is 1. The standard InChI is InChI=1S/C14H14N4O2/c1-2-12(19)13-16-14(20-17-13)10-8-15-18(9-10)11-6-4-3-5-7-11/h3-9,12,19H,2H2,1H3. The van der Waals surface area contributed by atoms with Crippen molar-refractivity contribution >= 4 is 0 Å². The molecule has 6 heteroatoms. The van der Waals surface area contributed by atoms with Crippen LogP contribution in [-0.2, 0) is 0 Å². The molecule has 1 aromatic carbocycles. The van der Waals surface area contributed by atoms with Crippen LogP contribution in [0.15, 0.2) is 47.2 Å². The molecule has 1 atom stereocenters. The summed E-state index contributed by atoms with van der Waals surface area (Å²) in [5.74, 6) is 0.657. The van der Waals surface area contributed by atoms with E-state index in [4.69, 9.17) is 4.52 Å². The smallest absolute Gasteiger partial charge is 0.261 e. The van der Waals surface area contributed by atoms with Gasteiger partial charge in [-0.2, -0.15) is 10.1 Å². The quantitative estimate of drug-likeness (QED) is 0.787. The molecule has 0 radical (unpaired) electrons. The predicted octanol–water partition coefficient (Wildman–Crippen LogP) is 2.37. The lowest BCUT2D eigenvalue weighted by Gasteiger charge is -1.98. The molecule has 0 aliphatic heterocycles. The Labute approximate surface area is 115 Å². The van der Waals surface area contributed by atoms with Gasteiger partial charge in [0, 0.05) is 6.20 Å². The van der Waals surface area contributed by atoms with Gasteiger partial charge in [0.25, 0.3) is 5.89 Å². The monoisotopic (exact) mass is 270 g/mol. The zero-order chi connectivity index (χ0) is 13.9. The van der Waals surface area contributed by atoms with Crippen LogP contribution in [0.1, 0.15) is 25.3 Å². The molecule has 0 spiro atoms. The van der Waals surface area contributed by atoms with E-state index in [0.717, 1.165) is 11.3 Å². The number of nitrogens with zero attached hydrogens (tertiary/aromatic N) is 4. The number of benzene rings is 1. The van der Waals surface area contributed by atoms with Crippen molar-refractivity contribution in [3.63, 3.8) is 0 Å². The minimum absolute atomic E-state index is 0.301. The van der Waals surface area contributed by atoms with Crippen molar-refractivity contribution in [1.29, 1.82) is 0 Å². The second-order valence-electron chi connectivity index (χ2n) is 4.39. The van der Waals surface area contributed by atoms with Crippen molar-refractivity contribution in [2.45, 2.75) is 19.4 Å². The van der Waals surface area contributed by atoms with Gasteiger partial charge in [0.1, 0.15) is 6.10 Å². The first-order chi connectivity index (χ1) is 9.78. The van der Waals surface area contributed by atoms with E-state index in [2.05, 4.69) is 15.2 Å². The van der Waals surface area contributed by atoms with Gasteiger partial charge in [0.15, 0.2) is 0 Å². The Balaban J connectivity index is 1.89. The van der Waals surface area contributed by atoms with Gasteiger partial charge in [0.05, 0.1) is 17.4 Å². The minimum Gasteiger partial charge on any atom is -0.385 e. The first kappa shape index (κ1) is 12.6. The van der Waals surface area contributed by atoms with Crippen LogP contribution in [0.5, 0.6) is 0 Å². The van der Waals surface area contributed by atoms with Crippen molar-refractivity contribution in [2.75, 3.05) is 0 Å². The summed E-state index contributed by atoms with van der Waals surface area (Å²) >= 11 is 0. The number of para-hydroxylation sites is 1. The number of aromatic nitrogens is 4. The van der Waals surface area contributed by atoms with E-state index in [0.29, 0.717) is 18.1 Å². The molecule has 0 saturated heterocycles. The van der Waals surface area contributed by atoms with Gasteiger partial charge in [-0.3, -0.25) is 0 Å². The highest BCUT2D eigenvalue weighted by Crippen LogP contribution is 2.21. The Kier molecular flexibility index (Phi) is 3.30. The van der Waals surface area contributed by atoms with Crippen LogP contribution in [0.25, 0.3) is 17.1 Å². The molecule has 3 aromatic rings. The number of aliphatic hydroxyl groups is 1. The van der Waals surface area contributed by atoms with E-state index in [-0.39, 0.29) is 0 Å². The molecular weight excluding hydrogens is 256 g/mol. The maximum atomic E-state index is 9.67. The van der Waals surface area contributed by atoms with Gasteiger partial charge >= 0.3 is 0 Å². The van der Waals surface area contributed by atoms with Gasteiger partial charge in [-0.15, -0.1) is 0 Å². The average molecular weight is 270 g/mol. The molecule has 2 heterocycles. The molecule has 2 aromatic heterocycles. The molecule has 20 heavy (non-hydrogen) atoms. The first-order valence-electron chi connectivity index (χ1n) is 6.40. The minimum atomic E-state index is -0.698. The SMILES string of the molecule is CCC(O)c1noc(-c2cnn(-c3ccccc3)c2)n1. The summed E-state index contributed by atoms with van der Waals surface area (Å²) in [6.45, 7) is 1.86. The number of hydrogen-bond acceptors (Lipinski definition) is 5. The van der Waals surface area contributed by atoms with E-state index < -0.39 is 6.10 Å². The maximum absolute atomic E-state index is 9.67. The molecule has 1 N–H and O–H groups in total. The average Bonchev–Trinajstić information content (AvgIpc) is 3.16. The van der Waals surface area contributed by atoms with E-state index in [9.17, 15) is 5.11 Å². The summed E-state index contributed by atoms with van der Waals surface area (Å²) in [7, 11) is 0. The van der Waals surface area contributed by atoms with Crippen molar-refractivity contribution in [3.8, 4) is 17.1 Å². The van der Waals surface area contributed by atoms with Crippen LogP contribution in [0.3, 0.4) is 0 Å². The Morgan fingerprint density at radius 3 is 2.85 bits per heavy atom. The highest BCUT2D eigenvalue weighted by molar-refractivity contribution is 5.51. The second-order valence-corrected chi connectivity index (χ2v) is 4.39. The molecule has 3 rings (SSSR count). The van der Waals surface area contributed by atoms with E-state index in [1.807, 2.05) is 43.5 Å². The molecule has 0 fully saturated rings. The van der Waals surface area contributed by atoms with Crippen LogP contribution in [0.4, 0.5) is 0 Å². The molecule has 1 unspecified atom stereocenters. The predicted molar refractivity (Wildman–Crippen MR) is 72.1 cm³/mol. The summed E-state index contributed by atoms with van der Waals surface area (Å²) in [5.41, 5.74) is 1.67. The van der Waals surface area contributed by atoms with E-state index in [1.54, 1.807) is 10.9 Å². The highest BCUT2D eigenvalue weighted by atomic mass is 16.5. The zero-order valence-corrected chi connectivity index (χ0v) is 11.0. The molecule has 0 amide bonds. The second kappa shape index (κ2) is 5.26. The summed E-state index contributed by atoms with van der Waals surface area (Å²) in [4.78, 5) is 4.18. The van der Waals surface area contributed by atoms with Crippen molar-refractivity contribution < 1.29 is 9.63 Å². The zero-order valence-electron chi connectivity index (χ0n) is 11.0. The molecule has 0 aliphatic carbocycles. The van der Waals surface area contributed by atoms with E-state index in [1.165, 1.54) is 0 Å². The normalized spacial score (nSPS) is 12.5.